The Bertz CT molecular complexity index is 1350. The molecule has 1 heterocycles. The Morgan fingerprint density at radius 1 is 1.07 bits per heavy atom. The second kappa shape index (κ2) is 13.2. The summed E-state index contributed by atoms with van der Waals surface area (Å²) in [6, 6.07) is 6.35. The fourth-order valence-corrected chi connectivity index (χ4v) is 6.24. The van der Waals surface area contributed by atoms with Gasteiger partial charge in [-0.05, 0) is 74.2 Å². The van der Waals surface area contributed by atoms with Gasteiger partial charge in [0, 0.05) is 32.0 Å². The number of rotatable bonds is 11. The lowest BCUT2D eigenvalue weighted by atomic mass is 9.78. The summed E-state index contributed by atoms with van der Waals surface area (Å²) in [5.41, 5.74) is -3.94. The van der Waals surface area contributed by atoms with E-state index < -0.39 is 45.0 Å². The minimum atomic E-state index is -4.92. The molecule has 41 heavy (non-hydrogen) atoms. The first-order chi connectivity index (χ1) is 19.0. The van der Waals surface area contributed by atoms with E-state index in [1.807, 2.05) is 4.90 Å². The van der Waals surface area contributed by atoms with E-state index >= 15 is 4.39 Å². The Hall–Kier alpha value is -1.79. The van der Waals surface area contributed by atoms with E-state index in [4.69, 9.17) is 23.2 Å². The average molecular weight is 644 g/mol. The molecule has 0 amide bonds. The van der Waals surface area contributed by atoms with Crippen molar-refractivity contribution in [2.24, 2.45) is 5.92 Å². The molecule has 2 aromatic carbocycles. The second-order valence-electron chi connectivity index (χ2n) is 10.5. The molecular weight excluding hydrogens is 610 g/mol. The lowest BCUT2D eigenvalue weighted by Gasteiger charge is -2.37. The fourth-order valence-electron chi connectivity index (χ4n) is 5.19. The molecule has 0 bridgehead atoms. The molecule has 2 atom stereocenters. The third kappa shape index (κ3) is 8.19. The summed E-state index contributed by atoms with van der Waals surface area (Å²) < 4.78 is 95.7. The molecule has 0 saturated carbocycles. The van der Waals surface area contributed by atoms with Crippen LogP contribution in [0.3, 0.4) is 0 Å². The molecule has 3 rings (SSSR count). The minimum absolute atomic E-state index is 0.0165. The highest BCUT2D eigenvalue weighted by molar-refractivity contribution is 7.88. The standard InChI is InChI=1S/C28H33Cl2F5N2O3S/c1-4-19(15-18-5-8-25(31)22(16-18)28(33,34)35)26(38)27(32,20-6-7-23(29)24(30)17-20)11-14-37-12-9-21(10-13-37)36(2)41(3,39)40/h5-8,16-17,19,21H,4,9-15H2,1-3H3. The zero-order valence-electron chi connectivity index (χ0n) is 22.9. The maximum atomic E-state index is 17.0. The maximum Gasteiger partial charge on any atom is 0.419 e. The van der Waals surface area contributed by atoms with Crippen LogP contribution in [0.4, 0.5) is 22.0 Å². The van der Waals surface area contributed by atoms with Gasteiger partial charge >= 0.3 is 6.18 Å². The largest absolute Gasteiger partial charge is 0.419 e. The number of piperidine rings is 1. The zero-order valence-corrected chi connectivity index (χ0v) is 25.3. The van der Waals surface area contributed by atoms with Crippen LogP contribution in [0.1, 0.15) is 49.3 Å². The van der Waals surface area contributed by atoms with Crippen LogP contribution in [-0.4, -0.2) is 62.4 Å². The number of Topliss-reactive ketones (excluding diaryl/α,β-unsaturated/α-hetero) is 1. The number of carbonyl (C=O) groups is 1. The van der Waals surface area contributed by atoms with Crippen molar-refractivity contribution in [1.82, 2.24) is 9.21 Å². The van der Waals surface area contributed by atoms with Gasteiger partial charge in [-0.15, -0.1) is 0 Å². The Morgan fingerprint density at radius 2 is 1.71 bits per heavy atom. The van der Waals surface area contributed by atoms with Gasteiger partial charge in [0.05, 0.1) is 21.9 Å². The van der Waals surface area contributed by atoms with E-state index in [1.54, 1.807) is 6.92 Å². The van der Waals surface area contributed by atoms with Crippen molar-refractivity contribution in [3.63, 3.8) is 0 Å². The molecule has 1 aliphatic heterocycles. The first-order valence-corrected chi connectivity index (χ1v) is 15.8. The molecule has 5 nitrogen and oxygen atoms in total. The summed E-state index contributed by atoms with van der Waals surface area (Å²) in [7, 11) is -1.84. The number of benzene rings is 2. The van der Waals surface area contributed by atoms with Crippen LogP contribution in [0, 0.1) is 11.7 Å². The minimum Gasteiger partial charge on any atom is -0.303 e. The number of alkyl halides is 4. The van der Waals surface area contributed by atoms with Crippen LogP contribution in [-0.2, 0) is 33.1 Å². The van der Waals surface area contributed by atoms with E-state index in [9.17, 15) is 30.8 Å². The molecule has 0 aromatic heterocycles. The van der Waals surface area contributed by atoms with E-state index in [2.05, 4.69) is 0 Å². The van der Waals surface area contributed by atoms with Crippen LogP contribution >= 0.6 is 23.2 Å². The second-order valence-corrected chi connectivity index (χ2v) is 13.4. The summed E-state index contributed by atoms with van der Waals surface area (Å²) in [6.07, 6.45) is -3.05. The summed E-state index contributed by atoms with van der Waals surface area (Å²) in [4.78, 5) is 15.8. The molecule has 0 N–H and O–H groups in total. The number of hydrogen-bond acceptors (Lipinski definition) is 4. The van der Waals surface area contributed by atoms with Crippen LogP contribution in [0.25, 0.3) is 0 Å². The van der Waals surface area contributed by atoms with Crippen molar-refractivity contribution in [3.05, 3.63) is 69.0 Å². The third-order valence-corrected chi connectivity index (χ3v) is 9.90. The summed E-state index contributed by atoms with van der Waals surface area (Å²) in [6.45, 7) is 2.78. The SMILES string of the molecule is CCC(Cc1ccc(F)c(C(F)(F)F)c1)C(=O)C(F)(CCN1CCC(N(C)S(C)(=O)=O)CC1)c1ccc(Cl)c(Cl)c1. The van der Waals surface area contributed by atoms with Crippen LogP contribution in [0.5, 0.6) is 0 Å². The highest BCUT2D eigenvalue weighted by Crippen LogP contribution is 2.39. The molecule has 1 fully saturated rings. The topological polar surface area (TPSA) is 57.7 Å². The molecule has 0 aliphatic carbocycles. The highest BCUT2D eigenvalue weighted by Gasteiger charge is 2.44. The van der Waals surface area contributed by atoms with Gasteiger partial charge in [0.25, 0.3) is 0 Å². The normalized spacial score (nSPS) is 17.9. The summed E-state index contributed by atoms with van der Waals surface area (Å²) >= 11 is 12.2. The van der Waals surface area contributed by atoms with Gasteiger partial charge in [0.2, 0.25) is 10.0 Å². The molecule has 0 radical (unpaired) electrons. The van der Waals surface area contributed by atoms with Crippen molar-refractivity contribution in [3.8, 4) is 0 Å². The average Bonchev–Trinajstić information content (AvgIpc) is 2.91. The Balaban J connectivity index is 1.85. The van der Waals surface area contributed by atoms with Gasteiger partial charge in [-0.1, -0.05) is 42.3 Å². The molecule has 13 heteroatoms. The lowest BCUT2D eigenvalue weighted by molar-refractivity contribution is -0.140. The Kier molecular flexibility index (Phi) is 10.9. The summed E-state index contributed by atoms with van der Waals surface area (Å²) in [5, 5.41) is 0.213. The van der Waals surface area contributed by atoms with Gasteiger partial charge in [0.1, 0.15) is 5.82 Å². The van der Waals surface area contributed by atoms with Crippen LogP contribution in [0.15, 0.2) is 36.4 Å². The first kappa shape index (κ1) is 33.7. The van der Waals surface area contributed by atoms with Crippen molar-refractivity contribution < 1.29 is 35.2 Å². The van der Waals surface area contributed by atoms with E-state index in [0.717, 1.165) is 12.3 Å². The zero-order chi connectivity index (χ0) is 30.8. The quantitative estimate of drug-likeness (QED) is 0.250. The predicted molar refractivity (Wildman–Crippen MR) is 150 cm³/mol. The molecule has 228 valence electrons. The van der Waals surface area contributed by atoms with Crippen molar-refractivity contribution in [2.75, 3.05) is 32.9 Å². The molecular formula is C28H33Cl2F5N2O3S. The lowest BCUT2D eigenvalue weighted by Crippen LogP contribution is -2.47. The number of halogens is 7. The van der Waals surface area contributed by atoms with Gasteiger partial charge in [-0.25, -0.2) is 21.5 Å². The van der Waals surface area contributed by atoms with Gasteiger partial charge in [0.15, 0.2) is 11.5 Å². The number of nitrogens with zero attached hydrogens (tertiary/aromatic N) is 2. The molecule has 1 saturated heterocycles. The molecule has 2 unspecified atom stereocenters. The van der Waals surface area contributed by atoms with Crippen molar-refractivity contribution >= 4 is 39.0 Å². The Labute approximate surface area is 247 Å². The Morgan fingerprint density at radius 3 is 2.24 bits per heavy atom. The number of hydrogen-bond donors (Lipinski definition) is 0. The number of likely N-dealkylation sites (tertiary alicyclic amines) is 1. The summed E-state index contributed by atoms with van der Waals surface area (Å²) in [5.74, 6) is -3.25. The van der Waals surface area contributed by atoms with E-state index in [-0.39, 0.29) is 53.0 Å². The number of carbonyl (C=O) groups excluding carboxylic acids is 1. The monoisotopic (exact) mass is 642 g/mol. The van der Waals surface area contributed by atoms with E-state index in [1.165, 1.54) is 29.6 Å². The molecule has 0 spiro atoms. The van der Waals surface area contributed by atoms with E-state index in [0.29, 0.717) is 38.1 Å². The maximum absolute atomic E-state index is 17.0. The smallest absolute Gasteiger partial charge is 0.303 e. The first-order valence-electron chi connectivity index (χ1n) is 13.2. The highest BCUT2D eigenvalue weighted by atomic mass is 35.5. The van der Waals surface area contributed by atoms with Crippen molar-refractivity contribution in [1.29, 1.82) is 0 Å². The van der Waals surface area contributed by atoms with Crippen LogP contribution < -0.4 is 0 Å². The molecule has 1 aliphatic rings. The van der Waals surface area contributed by atoms with Crippen LogP contribution in [0.2, 0.25) is 10.0 Å². The van der Waals surface area contributed by atoms with Crippen molar-refractivity contribution in [2.45, 2.75) is 56.9 Å². The number of sulfonamides is 1. The number of ketones is 1. The molecule has 2 aromatic rings. The predicted octanol–water partition coefficient (Wildman–Crippen LogP) is 6.90. The van der Waals surface area contributed by atoms with Gasteiger partial charge in [-0.3, -0.25) is 4.79 Å². The third-order valence-electron chi connectivity index (χ3n) is 7.82. The van der Waals surface area contributed by atoms with Gasteiger partial charge in [-0.2, -0.15) is 13.2 Å². The fraction of sp³-hybridized carbons (Fsp3) is 0.536. The van der Waals surface area contributed by atoms with Gasteiger partial charge < -0.3 is 4.90 Å².